The number of amides is 1. The molecule has 0 radical (unpaired) electrons. The van der Waals surface area contributed by atoms with Gasteiger partial charge >= 0.3 is 0 Å². The van der Waals surface area contributed by atoms with Gasteiger partial charge in [0, 0.05) is 36.5 Å². The Morgan fingerprint density at radius 3 is 2.87 bits per heavy atom. The van der Waals surface area contributed by atoms with Crippen molar-refractivity contribution in [2.24, 2.45) is 13.0 Å². The Morgan fingerprint density at radius 2 is 2.26 bits per heavy atom. The molecule has 1 aromatic carbocycles. The quantitative estimate of drug-likeness (QED) is 0.815. The highest BCUT2D eigenvalue weighted by Crippen LogP contribution is 2.49. The number of anilines is 1. The zero-order valence-electron chi connectivity index (χ0n) is 13.7. The van der Waals surface area contributed by atoms with Crippen LogP contribution in [0, 0.1) is 18.3 Å². The number of benzene rings is 1. The van der Waals surface area contributed by atoms with E-state index in [4.69, 9.17) is 6.42 Å². The van der Waals surface area contributed by atoms with Gasteiger partial charge in [0.05, 0.1) is 6.20 Å². The number of aromatic nitrogens is 2. The van der Waals surface area contributed by atoms with Crippen molar-refractivity contribution in [1.82, 2.24) is 9.78 Å². The Bertz CT molecular complexity index is 769. The third-order valence-electron chi connectivity index (χ3n) is 4.31. The first-order valence-electron chi connectivity index (χ1n) is 7.89. The van der Waals surface area contributed by atoms with Gasteiger partial charge in [0.1, 0.15) is 0 Å². The lowest BCUT2D eigenvalue weighted by Gasteiger charge is -2.27. The molecule has 118 valence electrons. The van der Waals surface area contributed by atoms with Crippen molar-refractivity contribution in [3.05, 3.63) is 47.8 Å². The number of carbonyl (C=O) groups excluding carboxylic acids is 1. The predicted molar refractivity (Wildman–Crippen MR) is 91.1 cm³/mol. The van der Waals surface area contributed by atoms with Crippen LogP contribution in [-0.4, -0.2) is 21.7 Å². The van der Waals surface area contributed by atoms with Crippen LogP contribution in [-0.2, 0) is 11.8 Å². The number of nitrogens with zero attached hydrogens (tertiary/aromatic N) is 3. The zero-order chi connectivity index (χ0) is 16.6. The largest absolute Gasteiger partial charge is 0.310 e. The van der Waals surface area contributed by atoms with E-state index in [2.05, 4.69) is 11.0 Å². The first-order chi connectivity index (χ1) is 11.0. The summed E-state index contributed by atoms with van der Waals surface area (Å²) in [6, 6.07) is 7.71. The van der Waals surface area contributed by atoms with E-state index in [1.54, 1.807) is 4.68 Å². The molecule has 1 heterocycles. The number of hydrogen-bond acceptors (Lipinski definition) is 2. The summed E-state index contributed by atoms with van der Waals surface area (Å²) in [4.78, 5) is 14.8. The first-order valence-corrected chi connectivity index (χ1v) is 7.89. The lowest BCUT2D eigenvalue weighted by atomic mass is 10.1. The second-order valence-corrected chi connectivity index (χ2v) is 6.39. The average molecular weight is 307 g/mol. The molecule has 23 heavy (non-hydrogen) atoms. The fraction of sp³-hybridized carbons (Fsp3) is 0.368. The monoisotopic (exact) mass is 307 g/mol. The lowest BCUT2D eigenvalue weighted by molar-refractivity contribution is -0.120. The number of hydrogen-bond donors (Lipinski definition) is 0. The Hall–Kier alpha value is -2.54. The molecule has 2 aromatic rings. The fourth-order valence-corrected chi connectivity index (χ4v) is 3.07. The van der Waals surface area contributed by atoms with Crippen LogP contribution in [0.5, 0.6) is 0 Å². The molecule has 0 N–H and O–H groups in total. The minimum atomic E-state index is 0.0380. The van der Waals surface area contributed by atoms with Gasteiger partial charge in [-0.1, -0.05) is 12.0 Å². The van der Waals surface area contributed by atoms with Crippen molar-refractivity contribution < 1.29 is 4.79 Å². The minimum absolute atomic E-state index is 0.0380. The Morgan fingerprint density at radius 1 is 1.48 bits per heavy atom. The number of carbonyl (C=O) groups is 1. The SMILES string of the molecule is C#Cc1cccc(N(C(=O)C2CC2c2cnn(C)c2)C(C)C)c1. The highest BCUT2D eigenvalue weighted by atomic mass is 16.2. The Balaban J connectivity index is 1.82. The van der Waals surface area contributed by atoms with E-state index in [0.29, 0.717) is 0 Å². The van der Waals surface area contributed by atoms with Crippen LogP contribution in [0.15, 0.2) is 36.7 Å². The van der Waals surface area contributed by atoms with Gasteiger partial charge in [-0.05, 0) is 49.9 Å². The van der Waals surface area contributed by atoms with Gasteiger partial charge in [-0.25, -0.2) is 0 Å². The maximum atomic E-state index is 13.0. The van der Waals surface area contributed by atoms with Crippen LogP contribution in [0.4, 0.5) is 5.69 Å². The van der Waals surface area contributed by atoms with E-state index in [0.717, 1.165) is 23.2 Å². The molecule has 1 saturated carbocycles. The Labute approximate surface area is 137 Å². The third-order valence-corrected chi connectivity index (χ3v) is 4.31. The summed E-state index contributed by atoms with van der Waals surface area (Å²) >= 11 is 0. The van der Waals surface area contributed by atoms with Crippen LogP contribution in [0.1, 0.15) is 37.3 Å². The molecule has 3 rings (SSSR count). The summed E-state index contributed by atoms with van der Waals surface area (Å²) in [6.45, 7) is 4.06. The maximum absolute atomic E-state index is 13.0. The zero-order valence-corrected chi connectivity index (χ0v) is 13.7. The third kappa shape index (κ3) is 3.00. The van der Waals surface area contributed by atoms with Gasteiger partial charge < -0.3 is 4.90 Å². The second-order valence-electron chi connectivity index (χ2n) is 6.39. The van der Waals surface area contributed by atoms with Crippen LogP contribution in [0.3, 0.4) is 0 Å². The predicted octanol–water partition coefficient (Wildman–Crippen LogP) is 2.95. The van der Waals surface area contributed by atoms with Crippen molar-refractivity contribution in [3.8, 4) is 12.3 Å². The van der Waals surface area contributed by atoms with Crippen molar-refractivity contribution in [1.29, 1.82) is 0 Å². The second kappa shape index (κ2) is 5.92. The molecular weight excluding hydrogens is 286 g/mol. The van der Waals surface area contributed by atoms with Gasteiger partial charge in [-0.15, -0.1) is 6.42 Å². The van der Waals surface area contributed by atoms with Gasteiger partial charge in [-0.2, -0.15) is 5.10 Å². The summed E-state index contributed by atoms with van der Waals surface area (Å²) in [6.07, 6.45) is 10.2. The normalized spacial score (nSPS) is 19.4. The summed E-state index contributed by atoms with van der Waals surface area (Å²) in [5.74, 6) is 3.13. The highest BCUT2D eigenvalue weighted by Gasteiger charge is 2.47. The fourth-order valence-electron chi connectivity index (χ4n) is 3.07. The molecule has 1 aromatic heterocycles. The summed E-state index contributed by atoms with van der Waals surface area (Å²) in [5, 5.41) is 4.20. The summed E-state index contributed by atoms with van der Waals surface area (Å²) in [5.41, 5.74) is 2.81. The lowest BCUT2D eigenvalue weighted by Crippen LogP contribution is -2.38. The minimum Gasteiger partial charge on any atom is -0.310 e. The van der Waals surface area contributed by atoms with Crippen LogP contribution in [0.2, 0.25) is 0 Å². The molecule has 0 bridgehead atoms. The van der Waals surface area contributed by atoms with E-state index < -0.39 is 0 Å². The first kappa shape index (κ1) is 15.4. The number of rotatable bonds is 4. The smallest absolute Gasteiger partial charge is 0.230 e. The van der Waals surface area contributed by atoms with Crippen LogP contribution in [0.25, 0.3) is 0 Å². The molecule has 2 unspecified atom stereocenters. The van der Waals surface area contributed by atoms with Gasteiger partial charge in [0.25, 0.3) is 0 Å². The molecule has 0 aliphatic heterocycles. The molecule has 2 atom stereocenters. The number of aryl methyl sites for hydroxylation is 1. The maximum Gasteiger partial charge on any atom is 0.230 e. The van der Waals surface area contributed by atoms with Crippen LogP contribution >= 0.6 is 0 Å². The Kier molecular flexibility index (Phi) is 3.96. The van der Waals surface area contributed by atoms with Gasteiger partial charge in [0.15, 0.2) is 0 Å². The summed E-state index contributed by atoms with van der Waals surface area (Å²) in [7, 11) is 1.90. The van der Waals surface area contributed by atoms with Gasteiger partial charge in [0.2, 0.25) is 5.91 Å². The van der Waals surface area contributed by atoms with E-state index in [-0.39, 0.29) is 23.8 Å². The highest BCUT2D eigenvalue weighted by molar-refractivity contribution is 5.98. The molecular formula is C19H21N3O. The number of terminal acetylenes is 1. The topological polar surface area (TPSA) is 38.1 Å². The van der Waals surface area contributed by atoms with Crippen molar-refractivity contribution >= 4 is 11.6 Å². The van der Waals surface area contributed by atoms with Crippen molar-refractivity contribution in [3.63, 3.8) is 0 Å². The van der Waals surface area contributed by atoms with E-state index in [1.165, 1.54) is 0 Å². The molecule has 1 aliphatic carbocycles. The molecule has 1 aliphatic rings. The van der Waals surface area contributed by atoms with Crippen molar-refractivity contribution in [2.45, 2.75) is 32.2 Å². The molecule has 0 saturated heterocycles. The molecule has 1 amide bonds. The van der Waals surface area contributed by atoms with E-state index in [9.17, 15) is 4.79 Å². The molecule has 1 fully saturated rings. The average Bonchev–Trinajstić information content (AvgIpc) is 3.22. The summed E-state index contributed by atoms with van der Waals surface area (Å²) < 4.78 is 1.78. The van der Waals surface area contributed by atoms with Crippen LogP contribution < -0.4 is 4.90 Å². The molecule has 4 nitrogen and oxygen atoms in total. The molecule has 4 heteroatoms. The molecule has 0 spiro atoms. The van der Waals surface area contributed by atoms with E-state index in [1.807, 2.05) is 62.5 Å². The van der Waals surface area contributed by atoms with Gasteiger partial charge in [-0.3, -0.25) is 9.48 Å². The van der Waals surface area contributed by atoms with E-state index >= 15 is 0 Å². The standard InChI is InChI=1S/C19H21N3O/c1-5-14-7-6-8-16(9-14)22(13(2)3)19(23)18-10-17(18)15-11-20-21(4)12-15/h1,6-9,11-13,17-18H,10H2,2-4H3. The van der Waals surface area contributed by atoms with Crippen molar-refractivity contribution in [2.75, 3.05) is 4.90 Å².